The topological polar surface area (TPSA) is 88.2 Å². The molecular weight excluding hydrogens is 506 g/mol. The van der Waals surface area contributed by atoms with Gasteiger partial charge in [0.25, 0.3) is 11.8 Å². The molecule has 8 nitrogen and oxygen atoms in total. The fourth-order valence-electron chi connectivity index (χ4n) is 5.62. The molecule has 0 bridgehead atoms. The summed E-state index contributed by atoms with van der Waals surface area (Å²) in [7, 11) is 1.57. The molecule has 2 fully saturated rings. The zero-order chi connectivity index (χ0) is 28.3. The number of piperidine rings is 1. The second-order valence-corrected chi connectivity index (χ2v) is 10.5. The van der Waals surface area contributed by atoms with Crippen molar-refractivity contribution in [2.75, 3.05) is 26.8 Å². The van der Waals surface area contributed by atoms with Crippen molar-refractivity contribution in [1.82, 2.24) is 15.1 Å². The number of rotatable bonds is 6. The Hall–Kier alpha value is -4.17. The van der Waals surface area contributed by atoms with Crippen LogP contribution in [0.2, 0.25) is 0 Å². The normalized spacial score (nSPS) is 18.8. The summed E-state index contributed by atoms with van der Waals surface area (Å²) in [5, 5.41) is 3.08. The first kappa shape index (κ1) is 27.4. The van der Waals surface area contributed by atoms with Gasteiger partial charge in [0.15, 0.2) is 0 Å². The minimum atomic E-state index is -0.982. The predicted molar refractivity (Wildman–Crippen MR) is 151 cm³/mol. The molecule has 5 rings (SSSR count). The van der Waals surface area contributed by atoms with Crippen LogP contribution in [0.4, 0.5) is 0 Å². The SMILES string of the molecule is COc1cccc(C(=O)N2CCC3(CC2)OCC(C(=O)NC(C)c2ccccc2)N3C(=O)c2cccc(C)c2)c1. The highest BCUT2D eigenvalue weighted by atomic mass is 16.5. The highest BCUT2D eigenvalue weighted by Gasteiger charge is 2.54. The lowest BCUT2D eigenvalue weighted by Crippen LogP contribution is -2.60. The molecule has 2 aliphatic heterocycles. The van der Waals surface area contributed by atoms with Gasteiger partial charge in [0.1, 0.15) is 17.5 Å². The van der Waals surface area contributed by atoms with Crippen LogP contribution in [0.1, 0.15) is 57.7 Å². The number of carbonyl (C=O) groups is 3. The van der Waals surface area contributed by atoms with E-state index >= 15 is 0 Å². The first-order valence-corrected chi connectivity index (χ1v) is 13.6. The lowest BCUT2D eigenvalue weighted by molar-refractivity contribution is -0.128. The first-order valence-electron chi connectivity index (χ1n) is 13.6. The Morgan fingerprint density at radius 2 is 1.60 bits per heavy atom. The number of aryl methyl sites for hydroxylation is 1. The Bertz CT molecular complexity index is 1380. The van der Waals surface area contributed by atoms with Gasteiger partial charge >= 0.3 is 0 Å². The van der Waals surface area contributed by atoms with E-state index < -0.39 is 11.8 Å². The van der Waals surface area contributed by atoms with Gasteiger partial charge in [0, 0.05) is 37.1 Å². The molecule has 2 aliphatic rings. The van der Waals surface area contributed by atoms with Crippen LogP contribution in [0.5, 0.6) is 5.75 Å². The number of nitrogens with one attached hydrogen (secondary N) is 1. The molecule has 1 spiro atoms. The molecule has 0 aliphatic carbocycles. The molecule has 2 atom stereocenters. The number of amides is 3. The largest absolute Gasteiger partial charge is 0.497 e. The molecule has 0 aromatic heterocycles. The molecule has 2 saturated heterocycles. The Balaban J connectivity index is 1.38. The maximum atomic E-state index is 14.0. The van der Waals surface area contributed by atoms with Crippen molar-refractivity contribution in [1.29, 1.82) is 0 Å². The molecular formula is C32H35N3O5. The van der Waals surface area contributed by atoms with Crippen molar-refractivity contribution in [3.63, 3.8) is 0 Å². The van der Waals surface area contributed by atoms with E-state index in [0.717, 1.165) is 11.1 Å². The van der Waals surface area contributed by atoms with Gasteiger partial charge in [0.2, 0.25) is 5.91 Å². The summed E-state index contributed by atoms with van der Waals surface area (Å²) in [6, 6.07) is 23.1. The number of ether oxygens (including phenoxy) is 2. The Kier molecular flexibility index (Phi) is 7.89. The van der Waals surface area contributed by atoms with Crippen molar-refractivity contribution >= 4 is 17.7 Å². The van der Waals surface area contributed by atoms with E-state index in [4.69, 9.17) is 9.47 Å². The van der Waals surface area contributed by atoms with Gasteiger partial charge in [-0.2, -0.15) is 0 Å². The maximum absolute atomic E-state index is 14.0. The third-order valence-electron chi connectivity index (χ3n) is 7.85. The number of benzene rings is 3. The summed E-state index contributed by atoms with van der Waals surface area (Å²) in [4.78, 5) is 44.3. The first-order chi connectivity index (χ1) is 19.3. The summed E-state index contributed by atoms with van der Waals surface area (Å²) in [6.07, 6.45) is 0.802. The molecule has 1 N–H and O–H groups in total. The van der Waals surface area contributed by atoms with Crippen molar-refractivity contribution < 1.29 is 23.9 Å². The lowest BCUT2D eigenvalue weighted by Gasteiger charge is -2.44. The molecule has 0 radical (unpaired) electrons. The third kappa shape index (κ3) is 5.45. The van der Waals surface area contributed by atoms with Crippen LogP contribution in [-0.2, 0) is 9.53 Å². The van der Waals surface area contributed by atoms with Gasteiger partial charge in [-0.3, -0.25) is 19.3 Å². The Morgan fingerprint density at radius 3 is 2.27 bits per heavy atom. The van der Waals surface area contributed by atoms with Crippen molar-refractivity contribution in [2.24, 2.45) is 0 Å². The average molecular weight is 542 g/mol. The van der Waals surface area contributed by atoms with Gasteiger partial charge in [-0.15, -0.1) is 0 Å². The smallest absolute Gasteiger partial charge is 0.256 e. The highest BCUT2D eigenvalue weighted by Crippen LogP contribution is 2.39. The minimum absolute atomic E-state index is 0.0920. The Labute approximate surface area is 234 Å². The fourth-order valence-corrected chi connectivity index (χ4v) is 5.62. The van der Waals surface area contributed by atoms with Crippen LogP contribution in [0.25, 0.3) is 0 Å². The minimum Gasteiger partial charge on any atom is -0.497 e. The van der Waals surface area contributed by atoms with Gasteiger partial charge in [-0.05, 0) is 49.7 Å². The average Bonchev–Trinajstić information content (AvgIpc) is 3.35. The molecule has 40 heavy (non-hydrogen) atoms. The third-order valence-corrected chi connectivity index (χ3v) is 7.85. The molecule has 3 aromatic carbocycles. The quantitative estimate of drug-likeness (QED) is 0.501. The number of carbonyl (C=O) groups excluding carboxylic acids is 3. The number of likely N-dealkylation sites (tertiary alicyclic amines) is 1. The van der Waals surface area contributed by atoms with E-state index in [2.05, 4.69) is 5.32 Å². The molecule has 3 amide bonds. The number of hydrogen-bond acceptors (Lipinski definition) is 5. The zero-order valence-electron chi connectivity index (χ0n) is 23.1. The van der Waals surface area contributed by atoms with Crippen LogP contribution in [0.3, 0.4) is 0 Å². The summed E-state index contributed by atoms with van der Waals surface area (Å²) >= 11 is 0. The standard InChI is InChI=1S/C32H35N3O5/c1-22-9-7-12-25(19-22)31(38)35-28(29(36)33-23(2)24-10-5-4-6-11-24)21-40-32(35)15-17-34(18-16-32)30(37)26-13-8-14-27(20-26)39-3/h4-14,19-20,23,28H,15-18,21H2,1-3H3,(H,33,36). The second-order valence-electron chi connectivity index (χ2n) is 10.5. The molecule has 8 heteroatoms. The fraction of sp³-hybridized carbons (Fsp3) is 0.344. The van der Waals surface area contributed by atoms with Gasteiger partial charge in [-0.25, -0.2) is 0 Å². The molecule has 3 aromatic rings. The molecule has 2 heterocycles. The number of nitrogens with zero attached hydrogens (tertiary/aromatic N) is 2. The summed E-state index contributed by atoms with van der Waals surface area (Å²) in [6.45, 7) is 4.73. The van der Waals surface area contributed by atoms with E-state index in [9.17, 15) is 14.4 Å². The van der Waals surface area contributed by atoms with Crippen molar-refractivity contribution in [3.8, 4) is 5.75 Å². The molecule has 0 saturated carbocycles. The van der Waals surface area contributed by atoms with E-state index in [-0.39, 0.29) is 30.4 Å². The summed E-state index contributed by atoms with van der Waals surface area (Å²) in [5.74, 6) is 0.00617. The summed E-state index contributed by atoms with van der Waals surface area (Å²) < 4.78 is 11.6. The van der Waals surface area contributed by atoms with Crippen LogP contribution in [0, 0.1) is 6.92 Å². The predicted octanol–water partition coefficient (Wildman–Crippen LogP) is 4.35. The van der Waals surface area contributed by atoms with Crippen molar-refractivity contribution in [3.05, 3.63) is 101 Å². The van der Waals surface area contributed by atoms with Gasteiger partial charge in [0.05, 0.1) is 19.8 Å². The van der Waals surface area contributed by atoms with E-state index in [1.54, 1.807) is 47.2 Å². The van der Waals surface area contributed by atoms with Crippen LogP contribution in [0.15, 0.2) is 78.9 Å². The second kappa shape index (κ2) is 11.5. The van der Waals surface area contributed by atoms with Gasteiger partial charge < -0.3 is 19.7 Å². The van der Waals surface area contributed by atoms with Crippen LogP contribution >= 0.6 is 0 Å². The number of hydrogen-bond donors (Lipinski definition) is 1. The van der Waals surface area contributed by atoms with E-state index in [1.165, 1.54) is 0 Å². The summed E-state index contributed by atoms with van der Waals surface area (Å²) in [5.41, 5.74) is 2.00. The van der Waals surface area contributed by atoms with E-state index in [1.807, 2.05) is 62.4 Å². The molecule has 208 valence electrons. The zero-order valence-corrected chi connectivity index (χ0v) is 23.1. The van der Waals surface area contributed by atoms with Crippen LogP contribution in [-0.4, -0.2) is 66.1 Å². The monoisotopic (exact) mass is 541 g/mol. The number of methoxy groups -OCH3 is 1. The Morgan fingerprint density at radius 1 is 0.925 bits per heavy atom. The molecule has 2 unspecified atom stereocenters. The maximum Gasteiger partial charge on any atom is 0.256 e. The van der Waals surface area contributed by atoms with Crippen LogP contribution < -0.4 is 10.1 Å². The lowest BCUT2D eigenvalue weighted by atomic mass is 9.95. The van der Waals surface area contributed by atoms with Gasteiger partial charge in [-0.1, -0.05) is 54.1 Å². The highest BCUT2D eigenvalue weighted by molar-refractivity contribution is 5.99. The van der Waals surface area contributed by atoms with Crippen molar-refractivity contribution in [2.45, 2.75) is 44.5 Å². The van der Waals surface area contributed by atoms with E-state index in [0.29, 0.717) is 42.8 Å².